The lowest BCUT2D eigenvalue weighted by atomic mass is 10.0. The first-order valence-electron chi connectivity index (χ1n) is 9.13. The van der Waals surface area contributed by atoms with Crippen LogP contribution in [0.4, 0.5) is 11.4 Å². The van der Waals surface area contributed by atoms with Crippen molar-refractivity contribution in [2.75, 3.05) is 32.6 Å². The van der Waals surface area contributed by atoms with Gasteiger partial charge < -0.3 is 19.7 Å². The molecule has 0 aliphatic carbocycles. The highest BCUT2D eigenvalue weighted by atomic mass is 16.6. The summed E-state index contributed by atoms with van der Waals surface area (Å²) < 4.78 is 10.8. The average Bonchev–Trinajstić information content (AvgIpc) is 3.15. The molecular formula is C20H24N3O5+. The van der Waals surface area contributed by atoms with Crippen molar-refractivity contribution < 1.29 is 24.1 Å². The Morgan fingerprint density at radius 3 is 2.75 bits per heavy atom. The van der Waals surface area contributed by atoms with Gasteiger partial charge in [-0.15, -0.1) is 0 Å². The van der Waals surface area contributed by atoms with E-state index in [1.807, 2.05) is 18.2 Å². The SMILES string of the molecule is COc1ccc([C@H]2CCC[NH+]2CC(=O)Nc2ccccc2[N+](=O)[O-])c(OC)c1. The van der Waals surface area contributed by atoms with Crippen molar-refractivity contribution in [3.63, 3.8) is 0 Å². The van der Waals surface area contributed by atoms with Gasteiger partial charge in [-0.1, -0.05) is 12.1 Å². The highest BCUT2D eigenvalue weighted by Crippen LogP contribution is 2.31. The van der Waals surface area contributed by atoms with Crippen LogP contribution in [0, 0.1) is 10.1 Å². The smallest absolute Gasteiger partial charge is 0.292 e. The van der Waals surface area contributed by atoms with E-state index < -0.39 is 4.92 Å². The van der Waals surface area contributed by atoms with E-state index in [1.54, 1.807) is 32.4 Å². The molecule has 8 heteroatoms. The van der Waals surface area contributed by atoms with Crippen molar-refractivity contribution in [3.8, 4) is 11.5 Å². The summed E-state index contributed by atoms with van der Waals surface area (Å²) in [6.45, 7) is 1.08. The number of likely N-dealkylation sites (tertiary alicyclic amines) is 1. The summed E-state index contributed by atoms with van der Waals surface area (Å²) >= 11 is 0. The van der Waals surface area contributed by atoms with E-state index in [1.165, 1.54) is 6.07 Å². The van der Waals surface area contributed by atoms with Crippen molar-refractivity contribution in [2.24, 2.45) is 0 Å². The molecule has 2 aromatic carbocycles. The lowest BCUT2D eigenvalue weighted by Gasteiger charge is -2.23. The summed E-state index contributed by atoms with van der Waals surface area (Å²) in [6.07, 6.45) is 1.94. The zero-order chi connectivity index (χ0) is 20.1. The normalized spacial score (nSPS) is 18.5. The van der Waals surface area contributed by atoms with E-state index in [2.05, 4.69) is 5.32 Å². The summed E-state index contributed by atoms with van der Waals surface area (Å²) in [7, 11) is 3.23. The summed E-state index contributed by atoms with van der Waals surface area (Å²) in [5.41, 5.74) is 1.14. The van der Waals surface area contributed by atoms with Crippen LogP contribution in [-0.2, 0) is 4.79 Å². The maximum Gasteiger partial charge on any atom is 0.292 e. The van der Waals surface area contributed by atoms with E-state index in [0.29, 0.717) is 5.75 Å². The van der Waals surface area contributed by atoms with Gasteiger partial charge in [-0.25, -0.2) is 0 Å². The molecule has 1 unspecified atom stereocenters. The van der Waals surface area contributed by atoms with Crippen molar-refractivity contribution in [1.82, 2.24) is 0 Å². The van der Waals surface area contributed by atoms with Crippen molar-refractivity contribution in [1.29, 1.82) is 0 Å². The standard InChI is InChI=1S/C20H23N3O5/c1-27-14-9-10-15(19(12-14)28-2)17-8-5-11-22(17)13-20(24)21-16-6-3-4-7-18(16)23(25)26/h3-4,6-7,9-10,12,17H,5,8,11,13H2,1-2H3,(H,21,24)/p+1/t17-/m1/s1. The maximum absolute atomic E-state index is 12.6. The van der Waals surface area contributed by atoms with Gasteiger partial charge in [0.25, 0.3) is 11.6 Å². The number of benzene rings is 2. The number of quaternary nitrogens is 1. The van der Waals surface area contributed by atoms with Crippen LogP contribution in [0.25, 0.3) is 0 Å². The Balaban J connectivity index is 1.74. The number of ether oxygens (including phenoxy) is 2. The van der Waals surface area contributed by atoms with E-state index >= 15 is 0 Å². The van der Waals surface area contributed by atoms with E-state index in [9.17, 15) is 14.9 Å². The minimum Gasteiger partial charge on any atom is -0.497 e. The molecule has 8 nitrogen and oxygen atoms in total. The molecule has 0 bridgehead atoms. The van der Waals surface area contributed by atoms with Crippen LogP contribution in [-0.4, -0.2) is 38.1 Å². The fourth-order valence-corrected chi connectivity index (χ4v) is 3.74. The maximum atomic E-state index is 12.6. The van der Waals surface area contributed by atoms with Gasteiger partial charge in [-0.05, 0) is 18.2 Å². The van der Waals surface area contributed by atoms with E-state index in [0.717, 1.165) is 35.6 Å². The largest absolute Gasteiger partial charge is 0.497 e. The Morgan fingerprint density at radius 1 is 1.25 bits per heavy atom. The molecular weight excluding hydrogens is 362 g/mol. The molecule has 0 spiro atoms. The summed E-state index contributed by atoms with van der Waals surface area (Å²) in [5.74, 6) is 1.21. The second-order valence-electron chi connectivity index (χ2n) is 6.71. The molecule has 3 rings (SSSR count). The van der Waals surface area contributed by atoms with Gasteiger partial charge in [-0.2, -0.15) is 0 Å². The quantitative estimate of drug-likeness (QED) is 0.560. The van der Waals surface area contributed by atoms with Crippen molar-refractivity contribution in [3.05, 3.63) is 58.1 Å². The predicted octanol–water partition coefficient (Wildman–Crippen LogP) is 1.97. The van der Waals surface area contributed by atoms with E-state index in [-0.39, 0.29) is 29.9 Å². The van der Waals surface area contributed by atoms with Gasteiger partial charge in [0.05, 0.1) is 31.3 Å². The molecule has 0 aromatic heterocycles. The zero-order valence-electron chi connectivity index (χ0n) is 15.9. The first-order chi connectivity index (χ1) is 13.5. The number of nitro benzene ring substituents is 1. The lowest BCUT2D eigenvalue weighted by Crippen LogP contribution is -3.11. The molecule has 0 radical (unpaired) electrons. The summed E-state index contributed by atoms with van der Waals surface area (Å²) in [6, 6.07) is 12.0. The molecule has 2 atom stereocenters. The molecule has 1 amide bonds. The molecule has 1 aliphatic heterocycles. The number of para-hydroxylation sites is 2. The number of rotatable bonds is 7. The Hall–Kier alpha value is -3.13. The number of anilines is 1. The number of amides is 1. The van der Waals surface area contributed by atoms with Gasteiger partial charge in [0.2, 0.25) is 0 Å². The van der Waals surface area contributed by atoms with Crippen LogP contribution in [0.15, 0.2) is 42.5 Å². The van der Waals surface area contributed by atoms with Crippen LogP contribution < -0.4 is 19.7 Å². The summed E-state index contributed by atoms with van der Waals surface area (Å²) in [4.78, 5) is 24.3. The predicted molar refractivity (Wildman–Crippen MR) is 104 cm³/mol. The monoisotopic (exact) mass is 386 g/mol. The number of methoxy groups -OCH3 is 2. The highest BCUT2D eigenvalue weighted by Gasteiger charge is 2.34. The van der Waals surface area contributed by atoms with Gasteiger partial charge in [0.1, 0.15) is 23.2 Å². The molecule has 0 saturated carbocycles. The first kappa shape index (κ1) is 19.6. The van der Waals surface area contributed by atoms with Crippen LogP contribution in [0.2, 0.25) is 0 Å². The minimum atomic E-state index is -0.497. The Kier molecular flexibility index (Phi) is 6.10. The van der Waals surface area contributed by atoms with Crippen LogP contribution in [0.3, 0.4) is 0 Å². The van der Waals surface area contributed by atoms with Gasteiger partial charge >= 0.3 is 0 Å². The number of hydrogen-bond donors (Lipinski definition) is 2. The van der Waals surface area contributed by atoms with Crippen LogP contribution in [0.5, 0.6) is 11.5 Å². The number of nitrogens with one attached hydrogen (secondary N) is 2. The second-order valence-corrected chi connectivity index (χ2v) is 6.71. The average molecular weight is 386 g/mol. The number of nitrogens with zero attached hydrogens (tertiary/aromatic N) is 1. The van der Waals surface area contributed by atoms with Crippen molar-refractivity contribution >= 4 is 17.3 Å². The number of nitro groups is 1. The fourth-order valence-electron chi connectivity index (χ4n) is 3.74. The third kappa shape index (κ3) is 4.23. The lowest BCUT2D eigenvalue weighted by molar-refractivity contribution is -0.910. The van der Waals surface area contributed by atoms with E-state index in [4.69, 9.17) is 9.47 Å². The van der Waals surface area contributed by atoms with Gasteiger partial charge in [0.15, 0.2) is 6.54 Å². The molecule has 2 aromatic rings. The van der Waals surface area contributed by atoms with Gasteiger partial charge in [-0.3, -0.25) is 14.9 Å². The molecule has 28 heavy (non-hydrogen) atoms. The number of hydrogen-bond acceptors (Lipinski definition) is 5. The Bertz CT molecular complexity index is 871. The fraction of sp³-hybridized carbons (Fsp3) is 0.350. The Labute approximate surface area is 163 Å². The molecule has 2 N–H and O–H groups in total. The third-order valence-corrected chi connectivity index (χ3v) is 5.06. The number of carbonyl (C=O) groups is 1. The van der Waals surface area contributed by atoms with Crippen LogP contribution >= 0.6 is 0 Å². The van der Waals surface area contributed by atoms with Crippen LogP contribution in [0.1, 0.15) is 24.4 Å². The van der Waals surface area contributed by atoms with Gasteiger partial charge in [0, 0.05) is 25.0 Å². The highest BCUT2D eigenvalue weighted by molar-refractivity contribution is 5.93. The molecule has 1 aliphatic rings. The minimum absolute atomic E-state index is 0.111. The molecule has 1 heterocycles. The first-order valence-corrected chi connectivity index (χ1v) is 9.13. The molecule has 1 fully saturated rings. The number of carbonyl (C=O) groups excluding carboxylic acids is 1. The third-order valence-electron chi connectivity index (χ3n) is 5.06. The molecule has 1 saturated heterocycles. The van der Waals surface area contributed by atoms with Crippen molar-refractivity contribution in [2.45, 2.75) is 18.9 Å². The Morgan fingerprint density at radius 2 is 2.04 bits per heavy atom. The summed E-state index contributed by atoms with van der Waals surface area (Å²) in [5, 5.41) is 13.8. The molecule has 148 valence electrons. The zero-order valence-corrected chi connectivity index (χ0v) is 15.9. The topological polar surface area (TPSA) is 95.1 Å². The second kappa shape index (κ2) is 8.71.